The Kier molecular flexibility index (Phi) is 5.06. The molecule has 1 unspecified atom stereocenters. The predicted octanol–water partition coefficient (Wildman–Crippen LogP) is 3.07. The van der Waals surface area contributed by atoms with Gasteiger partial charge in [0.05, 0.1) is 7.11 Å². The van der Waals surface area contributed by atoms with E-state index in [1.807, 2.05) is 0 Å². The van der Waals surface area contributed by atoms with E-state index in [1.54, 1.807) is 7.11 Å². The topological polar surface area (TPSA) is 41.5 Å². The zero-order valence-corrected chi connectivity index (χ0v) is 12.9. The first kappa shape index (κ1) is 15.3. The molecular formula is C17H27NO2. The number of benzene rings is 1. The molecule has 1 aromatic carbocycles. The molecule has 0 bridgehead atoms. The summed E-state index contributed by atoms with van der Waals surface area (Å²) in [4.78, 5) is 0. The average molecular weight is 277 g/mol. The molecule has 0 heterocycles. The van der Waals surface area contributed by atoms with E-state index in [9.17, 15) is 0 Å². The summed E-state index contributed by atoms with van der Waals surface area (Å²) in [6.07, 6.45) is 4.39. The van der Waals surface area contributed by atoms with Gasteiger partial charge in [0.25, 0.3) is 0 Å². The van der Waals surface area contributed by atoms with Gasteiger partial charge >= 0.3 is 0 Å². The highest BCUT2D eigenvalue weighted by molar-refractivity contribution is 5.39. The molecule has 2 rings (SSSR count). The zero-order chi connectivity index (χ0) is 14.6. The molecule has 3 heteroatoms. The first-order valence-electron chi connectivity index (χ1n) is 7.57. The highest BCUT2D eigenvalue weighted by Crippen LogP contribution is 2.33. The van der Waals surface area contributed by atoms with E-state index in [2.05, 4.69) is 37.4 Å². The summed E-state index contributed by atoms with van der Waals surface area (Å²) in [5, 5.41) is 12.8. The largest absolute Gasteiger partial charge is 0.497 e. The number of hydrogen-bond acceptors (Lipinski definition) is 3. The van der Waals surface area contributed by atoms with Crippen LogP contribution in [0.1, 0.15) is 50.3 Å². The van der Waals surface area contributed by atoms with E-state index in [4.69, 9.17) is 9.84 Å². The minimum Gasteiger partial charge on any atom is -0.497 e. The normalized spacial score (nSPS) is 18.7. The van der Waals surface area contributed by atoms with Crippen molar-refractivity contribution in [3.8, 4) is 5.75 Å². The van der Waals surface area contributed by atoms with Crippen LogP contribution in [0.15, 0.2) is 18.2 Å². The fourth-order valence-corrected chi connectivity index (χ4v) is 2.92. The molecule has 0 aromatic heterocycles. The van der Waals surface area contributed by atoms with Crippen LogP contribution in [-0.4, -0.2) is 25.4 Å². The molecule has 20 heavy (non-hydrogen) atoms. The smallest absolute Gasteiger partial charge is 0.119 e. The van der Waals surface area contributed by atoms with Crippen molar-refractivity contribution >= 4 is 0 Å². The number of hydrogen-bond donors (Lipinski definition) is 2. The van der Waals surface area contributed by atoms with Crippen LogP contribution in [0.5, 0.6) is 5.75 Å². The van der Waals surface area contributed by atoms with Crippen molar-refractivity contribution in [2.75, 3.05) is 20.3 Å². The molecule has 1 atom stereocenters. The maximum Gasteiger partial charge on any atom is 0.119 e. The number of aryl methyl sites for hydroxylation is 1. The Bertz CT molecular complexity index is 443. The summed E-state index contributed by atoms with van der Waals surface area (Å²) in [7, 11) is 1.72. The van der Waals surface area contributed by atoms with Gasteiger partial charge in [0.2, 0.25) is 0 Å². The van der Waals surface area contributed by atoms with Gasteiger partial charge in [0.1, 0.15) is 5.75 Å². The summed E-state index contributed by atoms with van der Waals surface area (Å²) in [5.74, 6) is 0.949. The van der Waals surface area contributed by atoms with Gasteiger partial charge in [-0.15, -0.1) is 0 Å². The second-order valence-electron chi connectivity index (χ2n) is 6.53. The van der Waals surface area contributed by atoms with Crippen LogP contribution in [0.3, 0.4) is 0 Å². The Morgan fingerprint density at radius 2 is 2.20 bits per heavy atom. The Labute approximate surface area is 122 Å². The van der Waals surface area contributed by atoms with Crippen LogP contribution in [-0.2, 0) is 6.42 Å². The molecule has 0 saturated heterocycles. The van der Waals surface area contributed by atoms with Gasteiger partial charge in [-0.05, 0) is 54.4 Å². The van der Waals surface area contributed by atoms with E-state index >= 15 is 0 Å². The maximum absolute atomic E-state index is 9.11. The van der Waals surface area contributed by atoms with Crippen LogP contribution >= 0.6 is 0 Å². The Balaban J connectivity index is 2.05. The van der Waals surface area contributed by atoms with Gasteiger partial charge in [0, 0.05) is 19.2 Å². The monoisotopic (exact) mass is 277 g/mol. The van der Waals surface area contributed by atoms with Gasteiger partial charge < -0.3 is 15.2 Å². The fourth-order valence-electron chi connectivity index (χ4n) is 2.92. The molecule has 1 aliphatic rings. The molecule has 0 aliphatic heterocycles. The Morgan fingerprint density at radius 1 is 1.40 bits per heavy atom. The number of methoxy groups -OCH3 is 1. The molecule has 1 aromatic rings. The number of nitrogens with one attached hydrogen (secondary N) is 1. The van der Waals surface area contributed by atoms with Gasteiger partial charge in [-0.2, -0.15) is 0 Å². The molecule has 0 radical (unpaired) electrons. The molecule has 2 N–H and O–H groups in total. The molecule has 0 amide bonds. The standard InChI is InChI=1S/C17H27NO2/c1-17(2,9-10-19)12-18-16-6-4-5-13-11-14(20-3)7-8-15(13)16/h7-8,11,16,18-19H,4-6,9-10,12H2,1-3H3. The molecular weight excluding hydrogens is 250 g/mol. The zero-order valence-electron chi connectivity index (χ0n) is 12.9. The second-order valence-corrected chi connectivity index (χ2v) is 6.53. The first-order valence-corrected chi connectivity index (χ1v) is 7.57. The number of rotatable bonds is 6. The van der Waals surface area contributed by atoms with Gasteiger partial charge in [-0.25, -0.2) is 0 Å². The SMILES string of the molecule is COc1ccc2c(c1)CCCC2NCC(C)(C)CCO. The minimum absolute atomic E-state index is 0.138. The van der Waals surface area contributed by atoms with E-state index in [0.29, 0.717) is 6.04 Å². The van der Waals surface area contributed by atoms with Crippen LogP contribution < -0.4 is 10.1 Å². The van der Waals surface area contributed by atoms with Crippen LogP contribution in [0.2, 0.25) is 0 Å². The quantitative estimate of drug-likeness (QED) is 0.839. The molecule has 3 nitrogen and oxygen atoms in total. The molecule has 0 fully saturated rings. The van der Waals surface area contributed by atoms with Crippen molar-refractivity contribution in [2.45, 2.75) is 45.6 Å². The van der Waals surface area contributed by atoms with E-state index < -0.39 is 0 Å². The van der Waals surface area contributed by atoms with Gasteiger partial charge in [-0.3, -0.25) is 0 Å². The third kappa shape index (κ3) is 3.74. The first-order chi connectivity index (χ1) is 9.55. The van der Waals surface area contributed by atoms with Crippen molar-refractivity contribution in [3.63, 3.8) is 0 Å². The van der Waals surface area contributed by atoms with Crippen molar-refractivity contribution in [1.82, 2.24) is 5.32 Å². The lowest BCUT2D eigenvalue weighted by molar-refractivity contribution is 0.201. The van der Waals surface area contributed by atoms with Gasteiger partial charge in [0.15, 0.2) is 0 Å². The van der Waals surface area contributed by atoms with Crippen molar-refractivity contribution in [1.29, 1.82) is 0 Å². The fraction of sp³-hybridized carbons (Fsp3) is 0.647. The molecule has 0 spiro atoms. The third-order valence-electron chi connectivity index (χ3n) is 4.28. The lowest BCUT2D eigenvalue weighted by Crippen LogP contribution is -2.34. The van der Waals surface area contributed by atoms with Crippen molar-refractivity contribution in [3.05, 3.63) is 29.3 Å². The Morgan fingerprint density at radius 3 is 2.90 bits per heavy atom. The summed E-state index contributed by atoms with van der Waals surface area (Å²) in [6, 6.07) is 6.85. The molecule has 1 aliphatic carbocycles. The third-order valence-corrected chi connectivity index (χ3v) is 4.28. The number of aliphatic hydroxyl groups excluding tert-OH is 1. The van der Waals surface area contributed by atoms with E-state index in [-0.39, 0.29) is 12.0 Å². The summed E-state index contributed by atoms with van der Waals surface area (Å²) in [6.45, 7) is 5.60. The number of aliphatic hydroxyl groups is 1. The molecule has 0 saturated carbocycles. The number of fused-ring (bicyclic) bond motifs is 1. The second kappa shape index (κ2) is 6.59. The van der Waals surface area contributed by atoms with Crippen molar-refractivity contribution in [2.24, 2.45) is 5.41 Å². The Hall–Kier alpha value is -1.06. The van der Waals surface area contributed by atoms with Crippen LogP contribution in [0.4, 0.5) is 0 Å². The lowest BCUT2D eigenvalue weighted by Gasteiger charge is -2.31. The van der Waals surface area contributed by atoms with Crippen molar-refractivity contribution < 1.29 is 9.84 Å². The van der Waals surface area contributed by atoms with E-state index in [0.717, 1.165) is 25.1 Å². The maximum atomic E-state index is 9.11. The average Bonchev–Trinajstić information content (AvgIpc) is 2.44. The summed E-state index contributed by atoms with van der Waals surface area (Å²) < 4.78 is 5.31. The summed E-state index contributed by atoms with van der Waals surface area (Å²) >= 11 is 0. The van der Waals surface area contributed by atoms with Gasteiger partial charge in [-0.1, -0.05) is 19.9 Å². The van der Waals surface area contributed by atoms with E-state index in [1.165, 1.54) is 24.0 Å². The minimum atomic E-state index is 0.138. The lowest BCUT2D eigenvalue weighted by atomic mass is 9.85. The van der Waals surface area contributed by atoms with Crippen LogP contribution in [0, 0.1) is 5.41 Å². The number of ether oxygens (including phenoxy) is 1. The molecule has 112 valence electrons. The summed E-state index contributed by atoms with van der Waals surface area (Å²) in [5.41, 5.74) is 2.96. The predicted molar refractivity (Wildman–Crippen MR) is 82.2 cm³/mol. The highest BCUT2D eigenvalue weighted by atomic mass is 16.5. The van der Waals surface area contributed by atoms with Crippen LogP contribution in [0.25, 0.3) is 0 Å². The highest BCUT2D eigenvalue weighted by Gasteiger charge is 2.23.